The Kier molecular flexibility index (Phi) is 4.79. The molecular formula is C19H18N2O4. The van der Waals surface area contributed by atoms with Gasteiger partial charge in [0.05, 0.1) is 0 Å². The quantitative estimate of drug-likeness (QED) is 0.718. The van der Waals surface area contributed by atoms with Crippen LogP contribution in [0.2, 0.25) is 0 Å². The van der Waals surface area contributed by atoms with Crippen molar-refractivity contribution in [1.82, 2.24) is 9.97 Å². The predicted molar refractivity (Wildman–Crippen MR) is 90.7 cm³/mol. The minimum atomic E-state index is -0.596. The van der Waals surface area contributed by atoms with Crippen LogP contribution < -0.4 is 4.74 Å². The van der Waals surface area contributed by atoms with Crippen molar-refractivity contribution >= 4 is 5.97 Å². The maximum absolute atomic E-state index is 12.0. The van der Waals surface area contributed by atoms with E-state index >= 15 is 0 Å². The smallest absolute Gasteiger partial charge is 0.380 e. The minimum absolute atomic E-state index is 0.131. The molecule has 0 atom stereocenters. The van der Waals surface area contributed by atoms with Crippen LogP contribution in [0.15, 0.2) is 47.3 Å². The van der Waals surface area contributed by atoms with Crippen molar-refractivity contribution in [2.75, 3.05) is 0 Å². The van der Waals surface area contributed by atoms with Crippen LogP contribution >= 0.6 is 0 Å². The van der Waals surface area contributed by atoms with Crippen molar-refractivity contribution in [2.24, 2.45) is 0 Å². The Hall–Kier alpha value is -3.15. The number of aromatic hydroxyl groups is 1. The third-order valence-corrected chi connectivity index (χ3v) is 3.83. The van der Waals surface area contributed by atoms with Crippen molar-refractivity contribution < 1.29 is 19.1 Å². The van der Waals surface area contributed by atoms with Gasteiger partial charge >= 0.3 is 5.97 Å². The first kappa shape index (κ1) is 16.7. The Morgan fingerprint density at radius 1 is 1.16 bits per heavy atom. The first-order chi connectivity index (χ1) is 12.0. The van der Waals surface area contributed by atoms with E-state index in [0.29, 0.717) is 17.9 Å². The van der Waals surface area contributed by atoms with E-state index in [4.69, 9.17) is 9.15 Å². The fourth-order valence-corrected chi connectivity index (χ4v) is 2.56. The number of ether oxygens (including phenoxy) is 1. The highest BCUT2D eigenvalue weighted by atomic mass is 16.6. The number of carbonyl (C=O) groups is 1. The van der Waals surface area contributed by atoms with E-state index in [1.807, 2.05) is 26.0 Å². The van der Waals surface area contributed by atoms with Crippen molar-refractivity contribution in [3.05, 3.63) is 71.1 Å². The van der Waals surface area contributed by atoms with Gasteiger partial charge in [0.2, 0.25) is 11.6 Å². The molecule has 128 valence electrons. The number of carbonyl (C=O) groups excluding carboxylic acids is 1. The average molecular weight is 338 g/mol. The molecular weight excluding hydrogens is 320 g/mol. The Morgan fingerprint density at radius 2 is 1.92 bits per heavy atom. The maximum Gasteiger partial charge on any atom is 0.380 e. The van der Waals surface area contributed by atoms with E-state index in [1.54, 1.807) is 12.1 Å². The molecule has 0 aliphatic rings. The number of nitrogens with zero attached hydrogens (tertiary/aromatic N) is 2. The summed E-state index contributed by atoms with van der Waals surface area (Å²) >= 11 is 0. The normalized spacial score (nSPS) is 10.6. The number of benzene rings is 1. The Labute approximate surface area is 145 Å². The predicted octanol–water partition coefficient (Wildman–Crippen LogP) is 3.40. The molecule has 1 N–H and O–H groups in total. The average Bonchev–Trinajstić information content (AvgIpc) is 3.08. The maximum atomic E-state index is 12.0. The second kappa shape index (κ2) is 7.17. The van der Waals surface area contributed by atoms with Crippen molar-refractivity contribution in [1.29, 1.82) is 0 Å². The number of hydrogen-bond donors (Lipinski definition) is 1. The molecule has 0 bridgehead atoms. The number of furan rings is 1. The molecule has 6 heteroatoms. The Bertz CT molecular complexity index is 864. The van der Waals surface area contributed by atoms with Crippen LogP contribution in [0.1, 0.15) is 33.0 Å². The van der Waals surface area contributed by atoms with Gasteiger partial charge in [-0.3, -0.25) is 0 Å². The second-order valence-electron chi connectivity index (χ2n) is 5.78. The second-order valence-corrected chi connectivity index (χ2v) is 5.78. The number of phenolic OH excluding ortho intramolecular Hbond substituents is 1. The molecule has 6 nitrogen and oxygen atoms in total. The fourth-order valence-electron chi connectivity index (χ4n) is 2.56. The lowest BCUT2D eigenvalue weighted by molar-refractivity contribution is 0.0692. The van der Waals surface area contributed by atoms with Gasteiger partial charge in [0.1, 0.15) is 17.8 Å². The molecule has 0 unspecified atom stereocenters. The third-order valence-electron chi connectivity index (χ3n) is 3.83. The van der Waals surface area contributed by atoms with E-state index in [2.05, 4.69) is 9.97 Å². The highest BCUT2D eigenvalue weighted by Gasteiger charge is 2.14. The molecule has 0 spiro atoms. The van der Waals surface area contributed by atoms with E-state index in [-0.39, 0.29) is 11.6 Å². The third kappa shape index (κ3) is 4.03. The number of esters is 1. The molecule has 0 aliphatic carbocycles. The van der Waals surface area contributed by atoms with Gasteiger partial charge in [-0.25, -0.2) is 14.8 Å². The van der Waals surface area contributed by atoms with Gasteiger partial charge < -0.3 is 14.3 Å². The van der Waals surface area contributed by atoms with Gasteiger partial charge in [-0.1, -0.05) is 12.1 Å². The highest BCUT2D eigenvalue weighted by Crippen LogP contribution is 2.24. The summed E-state index contributed by atoms with van der Waals surface area (Å²) in [5.74, 6) is 0.732. The molecule has 0 fully saturated rings. The first-order valence-electron chi connectivity index (χ1n) is 7.89. The van der Waals surface area contributed by atoms with Crippen LogP contribution in [0.25, 0.3) is 0 Å². The van der Waals surface area contributed by atoms with Crippen molar-refractivity contribution in [2.45, 2.75) is 26.7 Å². The number of aryl methyl sites for hydroxylation is 4. The van der Waals surface area contributed by atoms with E-state index in [1.165, 1.54) is 18.6 Å². The highest BCUT2D eigenvalue weighted by molar-refractivity contribution is 5.87. The molecule has 0 saturated carbocycles. The topological polar surface area (TPSA) is 85.5 Å². The van der Waals surface area contributed by atoms with Crippen LogP contribution in [-0.2, 0) is 12.8 Å². The van der Waals surface area contributed by atoms with Crippen molar-refractivity contribution in [3.63, 3.8) is 0 Å². The zero-order chi connectivity index (χ0) is 17.8. The fraction of sp³-hybridized carbons (Fsp3) is 0.211. The first-order valence-corrected chi connectivity index (χ1v) is 7.89. The minimum Gasteiger partial charge on any atom is -0.507 e. The molecule has 0 saturated heterocycles. The molecule has 3 rings (SSSR count). The van der Waals surface area contributed by atoms with Crippen LogP contribution in [0.3, 0.4) is 0 Å². The molecule has 1 aromatic carbocycles. The van der Waals surface area contributed by atoms with Gasteiger partial charge in [0.15, 0.2) is 0 Å². The van der Waals surface area contributed by atoms with Gasteiger partial charge in [0, 0.05) is 18.7 Å². The number of hydrogen-bond acceptors (Lipinski definition) is 6. The van der Waals surface area contributed by atoms with Crippen LogP contribution in [0.5, 0.6) is 11.6 Å². The molecule has 0 radical (unpaired) electrons. The SMILES string of the molecule is Cc1cc(CCc2ccc(C(=O)Oc3ccncn3)o2)cc(C)c1O. The largest absolute Gasteiger partial charge is 0.507 e. The van der Waals surface area contributed by atoms with Gasteiger partial charge in [-0.05, 0) is 49.1 Å². The standard InChI is InChI=1S/C19H18N2O4/c1-12-9-14(10-13(2)18(12)22)3-4-15-5-6-16(24-15)19(23)25-17-7-8-20-11-21-17/h5-11,22H,3-4H2,1-2H3. The summed E-state index contributed by atoms with van der Waals surface area (Å²) in [5.41, 5.74) is 2.81. The lowest BCUT2D eigenvalue weighted by Gasteiger charge is -2.07. The summed E-state index contributed by atoms with van der Waals surface area (Å²) in [6, 6.07) is 8.76. The van der Waals surface area contributed by atoms with E-state index in [9.17, 15) is 9.90 Å². The summed E-state index contributed by atoms with van der Waals surface area (Å²) in [7, 11) is 0. The number of rotatable bonds is 5. The zero-order valence-electron chi connectivity index (χ0n) is 14.0. The molecule has 0 aliphatic heterocycles. The summed E-state index contributed by atoms with van der Waals surface area (Å²) in [6.45, 7) is 3.75. The van der Waals surface area contributed by atoms with Crippen LogP contribution in [0, 0.1) is 13.8 Å². The molecule has 0 amide bonds. The Morgan fingerprint density at radius 3 is 2.60 bits per heavy atom. The van der Waals surface area contributed by atoms with E-state index < -0.39 is 5.97 Å². The summed E-state index contributed by atoms with van der Waals surface area (Å²) in [4.78, 5) is 19.6. The number of phenols is 1. The van der Waals surface area contributed by atoms with Gasteiger partial charge in [0.25, 0.3) is 0 Å². The molecule has 2 aromatic heterocycles. The summed E-state index contributed by atoms with van der Waals surface area (Å²) in [5, 5.41) is 9.82. The number of aromatic nitrogens is 2. The summed E-state index contributed by atoms with van der Waals surface area (Å²) < 4.78 is 10.7. The summed E-state index contributed by atoms with van der Waals surface area (Å²) in [6.07, 6.45) is 4.18. The van der Waals surface area contributed by atoms with Gasteiger partial charge in [-0.15, -0.1) is 0 Å². The monoisotopic (exact) mass is 338 g/mol. The van der Waals surface area contributed by atoms with Crippen LogP contribution in [-0.4, -0.2) is 21.0 Å². The van der Waals surface area contributed by atoms with Crippen LogP contribution in [0.4, 0.5) is 0 Å². The van der Waals surface area contributed by atoms with Crippen molar-refractivity contribution in [3.8, 4) is 11.6 Å². The Balaban J connectivity index is 1.63. The lowest BCUT2D eigenvalue weighted by atomic mass is 10.0. The van der Waals surface area contributed by atoms with Gasteiger partial charge in [-0.2, -0.15) is 0 Å². The molecule has 3 aromatic rings. The lowest BCUT2D eigenvalue weighted by Crippen LogP contribution is -2.08. The molecule has 25 heavy (non-hydrogen) atoms. The zero-order valence-corrected chi connectivity index (χ0v) is 14.0. The molecule has 2 heterocycles. The van der Waals surface area contributed by atoms with E-state index in [0.717, 1.165) is 23.1 Å².